The maximum atomic E-state index is 6.26. The van der Waals surface area contributed by atoms with Gasteiger partial charge in [0.05, 0.1) is 17.6 Å². The molecule has 1 unspecified atom stereocenters. The van der Waals surface area contributed by atoms with Crippen LogP contribution in [0.4, 0.5) is 0 Å². The molecular weight excluding hydrogens is 348 g/mol. The van der Waals surface area contributed by atoms with Crippen LogP contribution in [0.2, 0.25) is 0 Å². The van der Waals surface area contributed by atoms with Crippen LogP contribution in [0.5, 0.6) is 11.5 Å². The Balaban J connectivity index is 1.60. The van der Waals surface area contributed by atoms with Crippen LogP contribution in [0, 0.1) is 0 Å². The molecule has 1 aromatic heterocycles. The second-order valence-corrected chi connectivity index (χ2v) is 6.60. The van der Waals surface area contributed by atoms with E-state index < -0.39 is 0 Å². The van der Waals surface area contributed by atoms with Crippen molar-refractivity contribution in [2.75, 3.05) is 6.61 Å². The summed E-state index contributed by atoms with van der Waals surface area (Å²) < 4.78 is 14.4. The Morgan fingerprint density at radius 2 is 1.46 bits per heavy atom. The van der Waals surface area contributed by atoms with Crippen LogP contribution in [0.25, 0.3) is 11.0 Å². The summed E-state index contributed by atoms with van der Waals surface area (Å²) in [5.41, 5.74) is 2.08. The predicted molar refractivity (Wildman–Crippen MR) is 112 cm³/mol. The summed E-state index contributed by atoms with van der Waals surface area (Å²) in [6.45, 7) is 3.40. The number of imidazole rings is 1. The highest BCUT2D eigenvalue weighted by Crippen LogP contribution is 2.27. The zero-order chi connectivity index (χ0) is 19.2. The molecule has 4 heteroatoms. The van der Waals surface area contributed by atoms with Gasteiger partial charge in [0.1, 0.15) is 18.1 Å². The molecule has 0 amide bonds. The highest BCUT2D eigenvalue weighted by atomic mass is 16.5. The van der Waals surface area contributed by atoms with Crippen LogP contribution in [0.1, 0.15) is 25.3 Å². The van der Waals surface area contributed by atoms with Crippen molar-refractivity contribution >= 4 is 11.0 Å². The highest BCUT2D eigenvalue weighted by molar-refractivity contribution is 5.76. The number of nitrogens with zero attached hydrogens (tertiary/aromatic N) is 2. The first kappa shape index (κ1) is 18.1. The van der Waals surface area contributed by atoms with E-state index in [1.807, 2.05) is 78.9 Å². The first-order valence-electron chi connectivity index (χ1n) is 9.70. The van der Waals surface area contributed by atoms with Gasteiger partial charge in [0.15, 0.2) is 11.9 Å². The van der Waals surface area contributed by atoms with Crippen molar-refractivity contribution in [2.45, 2.75) is 26.0 Å². The molecule has 0 fully saturated rings. The molecule has 4 aromatic rings. The lowest BCUT2D eigenvalue weighted by Gasteiger charge is -2.19. The maximum Gasteiger partial charge on any atom is 0.156 e. The topological polar surface area (TPSA) is 36.3 Å². The first-order valence-corrected chi connectivity index (χ1v) is 9.70. The summed E-state index contributed by atoms with van der Waals surface area (Å²) in [6, 6.07) is 28.0. The van der Waals surface area contributed by atoms with E-state index in [9.17, 15) is 0 Å². The van der Waals surface area contributed by atoms with E-state index in [1.165, 1.54) is 0 Å². The molecule has 0 spiro atoms. The molecule has 0 radical (unpaired) electrons. The molecule has 1 atom stereocenters. The normalized spacial score (nSPS) is 12.0. The SMILES string of the molecule is CCC(Oc1ccccc1)c1nc2ccccc2n1CCOc1ccccc1. The second kappa shape index (κ2) is 8.61. The number of benzene rings is 3. The van der Waals surface area contributed by atoms with E-state index in [4.69, 9.17) is 14.5 Å². The second-order valence-electron chi connectivity index (χ2n) is 6.60. The molecule has 0 bridgehead atoms. The van der Waals surface area contributed by atoms with Gasteiger partial charge in [0, 0.05) is 0 Å². The molecule has 1 heterocycles. The Morgan fingerprint density at radius 3 is 2.18 bits per heavy atom. The number of aromatic nitrogens is 2. The summed E-state index contributed by atoms with van der Waals surface area (Å²) in [5, 5.41) is 0. The molecule has 0 aliphatic carbocycles. The van der Waals surface area contributed by atoms with Crippen LogP contribution < -0.4 is 9.47 Å². The first-order chi connectivity index (χ1) is 13.8. The Kier molecular flexibility index (Phi) is 5.57. The van der Waals surface area contributed by atoms with Gasteiger partial charge < -0.3 is 14.0 Å². The smallest absolute Gasteiger partial charge is 0.156 e. The van der Waals surface area contributed by atoms with Gasteiger partial charge in [0.2, 0.25) is 0 Å². The predicted octanol–water partition coefficient (Wildman–Crippen LogP) is 5.65. The Bertz CT molecular complexity index is 1010. The molecule has 0 saturated heterocycles. The van der Waals surface area contributed by atoms with E-state index in [0.717, 1.165) is 34.8 Å². The van der Waals surface area contributed by atoms with Crippen molar-refractivity contribution in [1.82, 2.24) is 9.55 Å². The largest absolute Gasteiger partial charge is 0.492 e. The van der Waals surface area contributed by atoms with Crippen LogP contribution in [0.3, 0.4) is 0 Å². The minimum absolute atomic E-state index is 0.119. The number of fused-ring (bicyclic) bond motifs is 1. The van der Waals surface area contributed by atoms with Crippen molar-refractivity contribution in [3.05, 3.63) is 90.8 Å². The zero-order valence-electron chi connectivity index (χ0n) is 16.0. The molecule has 4 nitrogen and oxygen atoms in total. The van der Waals surface area contributed by atoms with Crippen LogP contribution >= 0.6 is 0 Å². The van der Waals surface area contributed by atoms with E-state index in [0.29, 0.717) is 13.2 Å². The highest BCUT2D eigenvalue weighted by Gasteiger charge is 2.20. The summed E-state index contributed by atoms with van der Waals surface area (Å²) in [5.74, 6) is 2.67. The summed E-state index contributed by atoms with van der Waals surface area (Å²) >= 11 is 0. The molecule has 4 rings (SSSR count). The third-order valence-electron chi connectivity index (χ3n) is 4.69. The molecule has 142 valence electrons. The van der Waals surface area contributed by atoms with Crippen LogP contribution in [-0.4, -0.2) is 16.2 Å². The van der Waals surface area contributed by atoms with E-state index in [1.54, 1.807) is 0 Å². The van der Waals surface area contributed by atoms with Gasteiger partial charge in [-0.25, -0.2) is 4.98 Å². The van der Waals surface area contributed by atoms with Gasteiger partial charge in [0.25, 0.3) is 0 Å². The summed E-state index contributed by atoms with van der Waals surface area (Å²) in [7, 11) is 0. The fourth-order valence-corrected chi connectivity index (χ4v) is 3.33. The Morgan fingerprint density at radius 1 is 0.821 bits per heavy atom. The molecule has 0 N–H and O–H groups in total. The molecule has 0 aliphatic rings. The molecule has 0 saturated carbocycles. The van der Waals surface area contributed by atoms with E-state index in [-0.39, 0.29) is 6.10 Å². The van der Waals surface area contributed by atoms with Gasteiger partial charge >= 0.3 is 0 Å². The number of ether oxygens (including phenoxy) is 2. The van der Waals surface area contributed by atoms with Crippen molar-refractivity contribution in [2.24, 2.45) is 0 Å². The van der Waals surface area contributed by atoms with Gasteiger partial charge in [-0.05, 0) is 42.8 Å². The fourth-order valence-electron chi connectivity index (χ4n) is 3.33. The third kappa shape index (κ3) is 4.01. The Labute approximate surface area is 165 Å². The van der Waals surface area contributed by atoms with Crippen molar-refractivity contribution < 1.29 is 9.47 Å². The van der Waals surface area contributed by atoms with E-state index >= 15 is 0 Å². The quantitative estimate of drug-likeness (QED) is 0.401. The maximum absolute atomic E-state index is 6.26. The van der Waals surface area contributed by atoms with Gasteiger partial charge in [-0.2, -0.15) is 0 Å². The Hall–Kier alpha value is -3.27. The fraction of sp³-hybridized carbons (Fsp3) is 0.208. The lowest BCUT2D eigenvalue weighted by atomic mass is 10.2. The average molecular weight is 372 g/mol. The summed E-state index contributed by atoms with van der Waals surface area (Å²) in [4.78, 5) is 4.89. The minimum Gasteiger partial charge on any atom is -0.492 e. The van der Waals surface area contributed by atoms with Crippen LogP contribution in [0.15, 0.2) is 84.9 Å². The average Bonchev–Trinajstić information content (AvgIpc) is 3.12. The molecule has 3 aromatic carbocycles. The number of hydrogen-bond acceptors (Lipinski definition) is 3. The van der Waals surface area contributed by atoms with E-state index in [2.05, 4.69) is 17.6 Å². The minimum atomic E-state index is -0.119. The van der Waals surface area contributed by atoms with Crippen LogP contribution in [-0.2, 0) is 6.54 Å². The standard InChI is InChI=1S/C24H24N2O2/c1-2-23(28-20-13-7-4-8-14-20)24-25-21-15-9-10-16-22(21)26(24)17-18-27-19-11-5-3-6-12-19/h3-16,23H,2,17-18H2,1H3. The number of hydrogen-bond donors (Lipinski definition) is 0. The molecule has 0 aliphatic heterocycles. The molecule has 28 heavy (non-hydrogen) atoms. The monoisotopic (exact) mass is 372 g/mol. The van der Waals surface area contributed by atoms with Crippen molar-refractivity contribution in [3.8, 4) is 11.5 Å². The van der Waals surface area contributed by atoms with Gasteiger partial charge in [-0.3, -0.25) is 0 Å². The number of rotatable bonds is 8. The van der Waals surface area contributed by atoms with Gasteiger partial charge in [-0.1, -0.05) is 55.5 Å². The lowest BCUT2D eigenvalue weighted by Crippen LogP contribution is -2.17. The van der Waals surface area contributed by atoms with Crippen molar-refractivity contribution in [1.29, 1.82) is 0 Å². The lowest BCUT2D eigenvalue weighted by molar-refractivity contribution is 0.184. The zero-order valence-corrected chi connectivity index (χ0v) is 16.0. The molecular formula is C24H24N2O2. The number of para-hydroxylation sites is 4. The van der Waals surface area contributed by atoms with Gasteiger partial charge in [-0.15, -0.1) is 0 Å². The third-order valence-corrected chi connectivity index (χ3v) is 4.69. The summed E-state index contributed by atoms with van der Waals surface area (Å²) in [6.07, 6.45) is 0.712. The van der Waals surface area contributed by atoms with Crippen molar-refractivity contribution in [3.63, 3.8) is 0 Å².